The fraction of sp³-hybridized carbons (Fsp3) is 0.474. The average molecular weight is 469 g/mol. The second kappa shape index (κ2) is 8.39. The van der Waals surface area contributed by atoms with Gasteiger partial charge in [-0.3, -0.25) is 14.5 Å². The molecule has 11 heteroatoms. The monoisotopic (exact) mass is 468 g/mol. The van der Waals surface area contributed by atoms with Crippen LogP contribution >= 0.6 is 22.7 Å². The molecule has 1 aliphatic carbocycles. The Morgan fingerprint density at radius 1 is 1.20 bits per heavy atom. The number of aryl methyl sites for hydroxylation is 1. The van der Waals surface area contributed by atoms with Gasteiger partial charge in [-0.15, -0.1) is 22.7 Å². The van der Waals surface area contributed by atoms with Gasteiger partial charge >= 0.3 is 0 Å². The number of rotatable bonds is 6. The summed E-state index contributed by atoms with van der Waals surface area (Å²) in [5.74, 6) is -0.725. The van der Waals surface area contributed by atoms with Crippen LogP contribution in [0.1, 0.15) is 34.1 Å². The van der Waals surface area contributed by atoms with Gasteiger partial charge in [-0.2, -0.15) is 4.31 Å². The van der Waals surface area contributed by atoms with Crippen LogP contribution in [0.3, 0.4) is 0 Å². The predicted molar refractivity (Wildman–Crippen MR) is 118 cm³/mol. The summed E-state index contributed by atoms with van der Waals surface area (Å²) in [6.45, 7) is 3.38. The van der Waals surface area contributed by atoms with E-state index in [1.54, 1.807) is 24.4 Å². The quantitative estimate of drug-likeness (QED) is 0.670. The van der Waals surface area contributed by atoms with Crippen molar-refractivity contribution in [2.24, 2.45) is 5.73 Å². The first-order valence-electron chi connectivity index (χ1n) is 9.82. The van der Waals surface area contributed by atoms with E-state index in [2.05, 4.69) is 5.32 Å². The van der Waals surface area contributed by atoms with E-state index in [0.29, 0.717) is 41.0 Å². The Balaban J connectivity index is 1.40. The molecule has 2 aliphatic rings. The highest BCUT2D eigenvalue weighted by Crippen LogP contribution is 2.39. The van der Waals surface area contributed by atoms with Gasteiger partial charge in [-0.25, -0.2) is 8.42 Å². The summed E-state index contributed by atoms with van der Waals surface area (Å²) < 4.78 is 27.1. The summed E-state index contributed by atoms with van der Waals surface area (Å²) in [6.07, 6.45) is 2.73. The molecule has 0 unspecified atom stereocenters. The lowest BCUT2D eigenvalue weighted by Crippen LogP contribution is -2.53. The molecule has 8 nitrogen and oxygen atoms in total. The SMILES string of the molecule is C[C@@H](C(=O)Nc1sc2c(c1C(N)=O)CCC2)N1CCN(S(=O)(=O)c2cccs2)CC1. The number of carbonyl (C=O) groups is 2. The van der Waals surface area contributed by atoms with Gasteiger partial charge in [0, 0.05) is 31.1 Å². The number of nitrogens with one attached hydrogen (secondary N) is 1. The molecule has 2 aromatic heterocycles. The van der Waals surface area contributed by atoms with E-state index in [4.69, 9.17) is 5.73 Å². The van der Waals surface area contributed by atoms with Gasteiger partial charge < -0.3 is 11.1 Å². The van der Waals surface area contributed by atoms with Gasteiger partial charge in [0.25, 0.3) is 15.9 Å². The fourth-order valence-electron chi connectivity index (χ4n) is 4.00. The summed E-state index contributed by atoms with van der Waals surface area (Å²) >= 11 is 2.64. The normalized spacial score (nSPS) is 18.8. The van der Waals surface area contributed by atoms with E-state index in [-0.39, 0.29) is 5.91 Å². The highest BCUT2D eigenvalue weighted by Gasteiger charge is 2.33. The van der Waals surface area contributed by atoms with Gasteiger partial charge in [0.1, 0.15) is 9.21 Å². The number of nitrogens with zero attached hydrogens (tertiary/aromatic N) is 2. The third-order valence-electron chi connectivity index (χ3n) is 5.69. The van der Waals surface area contributed by atoms with Gasteiger partial charge in [0.15, 0.2) is 0 Å². The topological polar surface area (TPSA) is 113 Å². The van der Waals surface area contributed by atoms with Crippen LogP contribution in [0.25, 0.3) is 0 Å². The van der Waals surface area contributed by atoms with Gasteiger partial charge in [0.05, 0.1) is 11.6 Å². The molecule has 3 N–H and O–H groups in total. The average Bonchev–Trinajstić information content (AvgIpc) is 3.44. The van der Waals surface area contributed by atoms with Crippen molar-refractivity contribution in [1.82, 2.24) is 9.21 Å². The van der Waals surface area contributed by atoms with E-state index in [9.17, 15) is 18.0 Å². The predicted octanol–water partition coefficient (Wildman–Crippen LogP) is 1.73. The lowest BCUT2D eigenvalue weighted by atomic mass is 10.1. The number of hydrogen-bond acceptors (Lipinski definition) is 7. The summed E-state index contributed by atoms with van der Waals surface area (Å²) in [5, 5.41) is 5.17. The molecule has 3 heterocycles. The molecular formula is C19H24N4O4S3. The van der Waals surface area contributed by atoms with E-state index < -0.39 is 22.0 Å². The molecule has 2 amide bonds. The third kappa shape index (κ3) is 3.92. The molecule has 162 valence electrons. The maximum atomic E-state index is 12.9. The highest BCUT2D eigenvalue weighted by molar-refractivity contribution is 7.91. The minimum atomic E-state index is -3.48. The van der Waals surface area contributed by atoms with Crippen molar-refractivity contribution in [3.8, 4) is 0 Å². The largest absolute Gasteiger partial charge is 0.365 e. The van der Waals surface area contributed by atoms with E-state index in [1.807, 2.05) is 4.90 Å². The van der Waals surface area contributed by atoms with Crippen molar-refractivity contribution in [3.05, 3.63) is 33.5 Å². The zero-order valence-electron chi connectivity index (χ0n) is 16.6. The van der Waals surface area contributed by atoms with Gasteiger partial charge in [-0.05, 0) is 43.2 Å². The summed E-state index contributed by atoms with van der Waals surface area (Å²) in [4.78, 5) is 27.9. The Bertz CT molecular complexity index is 1050. The number of primary amides is 1. The van der Waals surface area contributed by atoms with Crippen LogP contribution in [0, 0.1) is 0 Å². The van der Waals surface area contributed by atoms with Crippen LogP contribution in [0.5, 0.6) is 0 Å². The Kier molecular flexibility index (Phi) is 5.99. The molecule has 1 atom stereocenters. The number of thiophene rings is 2. The number of sulfonamides is 1. The minimum absolute atomic E-state index is 0.216. The maximum Gasteiger partial charge on any atom is 0.252 e. The van der Waals surface area contributed by atoms with E-state index >= 15 is 0 Å². The molecule has 1 saturated heterocycles. The summed E-state index contributed by atoms with van der Waals surface area (Å²) in [7, 11) is -3.48. The van der Waals surface area contributed by atoms with Gasteiger partial charge in [-0.1, -0.05) is 6.07 Å². The molecule has 0 aromatic carbocycles. The Hall–Kier alpha value is -1.79. The fourth-order valence-corrected chi connectivity index (χ4v) is 7.87. The number of hydrogen-bond donors (Lipinski definition) is 2. The lowest BCUT2D eigenvalue weighted by Gasteiger charge is -2.36. The van der Waals surface area contributed by atoms with Gasteiger partial charge in [0.2, 0.25) is 5.91 Å². The van der Waals surface area contributed by atoms with Crippen LogP contribution < -0.4 is 11.1 Å². The Morgan fingerprint density at radius 2 is 1.93 bits per heavy atom. The van der Waals surface area contributed by atoms with Crippen LogP contribution in [0.2, 0.25) is 0 Å². The molecule has 1 fully saturated rings. The number of carbonyl (C=O) groups excluding carboxylic acids is 2. The van der Waals surface area contributed by atoms with E-state index in [1.165, 1.54) is 27.0 Å². The lowest BCUT2D eigenvalue weighted by molar-refractivity contribution is -0.121. The van der Waals surface area contributed by atoms with Crippen LogP contribution in [0.15, 0.2) is 21.7 Å². The van der Waals surface area contributed by atoms with Crippen molar-refractivity contribution in [2.45, 2.75) is 36.4 Å². The smallest absolute Gasteiger partial charge is 0.252 e. The van der Waals surface area contributed by atoms with Crippen LogP contribution in [-0.4, -0.2) is 61.7 Å². The van der Waals surface area contributed by atoms with Crippen molar-refractivity contribution in [3.63, 3.8) is 0 Å². The maximum absolute atomic E-state index is 12.9. The first kappa shape index (κ1) is 21.4. The molecule has 0 bridgehead atoms. The van der Waals surface area contributed by atoms with Crippen LogP contribution in [0.4, 0.5) is 5.00 Å². The van der Waals surface area contributed by atoms with Crippen molar-refractivity contribution in [2.75, 3.05) is 31.5 Å². The molecule has 30 heavy (non-hydrogen) atoms. The molecule has 2 aromatic rings. The minimum Gasteiger partial charge on any atom is -0.365 e. The molecule has 0 radical (unpaired) electrons. The van der Waals surface area contributed by atoms with Crippen molar-refractivity contribution in [1.29, 1.82) is 0 Å². The number of piperazine rings is 1. The summed E-state index contributed by atoms with van der Waals surface area (Å²) in [5.41, 5.74) is 6.99. The van der Waals surface area contributed by atoms with E-state index in [0.717, 1.165) is 29.7 Å². The Morgan fingerprint density at radius 3 is 2.57 bits per heavy atom. The van der Waals surface area contributed by atoms with Crippen molar-refractivity contribution >= 4 is 49.5 Å². The highest BCUT2D eigenvalue weighted by atomic mass is 32.2. The number of nitrogens with two attached hydrogens (primary N) is 1. The standard InChI is InChI=1S/C19H24N4O4S3/c1-12(18(25)21-19-16(17(20)24)13-4-2-5-14(13)29-19)22-7-9-23(10-8-22)30(26,27)15-6-3-11-28-15/h3,6,11-12H,2,4-5,7-10H2,1H3,(H2,20,24)(H,21,25)/t12-/m0/s1. The number of fused-ring (bicyclic) bond motifs is 1. The number of anilines is 1. The molecule has 0 saturated carbocycles. The second-order valence-corrected chi connectivity index (χ2v) is 11.7. The third-order valence-corrected chi connectivity index (χ3v) is 10.2. The molecule has 0 spiro atoms. The zero-order chi connectivity index (χ0) is 21.5. The first-order valence-corrected chi connectivity index (χ1v) is 13.0. The number of amides is 2. The molecule has 4 rings (SSSR count). The summed E-state index contributed by atoms with van der Waals surface area (Å²) in [6, 6.07) is 2.88. The zero-order valence-corrected chi connectivity index (χ0v) is 19.0. The first-order chi connectivity index (χ1) is 14.3. The molecule has 1 aliphatic heterocycles. The molecular weight excluding hydrogens is 444 g/mol. The second-order valence-electron chi connectivity index (χ2n) is 7.46. The Labute approximate surface area is 183 Å². The van der Waals surface area contributed by atoms with Crippen LogP contribution in [-0.2, 0) is 27.7 Å². The van der Waals surface area contributed by atoms with Crippen molar-refractivity contribution < 1.29 is 18.0 Å².